The van der Waals surface area contributed by atoms with Gasteiger partial charge in [0.15, 0.2) is 5.65 Å². The van der Waals surface area contributed by atoms with Crippen molar-refractivity contribution in [1.82, 2.24) is 24.6 Å². The van der Waals surface area contributed by atoms with Crippen LogP contribution in [0, 0.1) is 5.82 Å². The zero-order valence-electron chi connectivity index (χ0n) is 18.6. The highest BCUT2D eigenvalue weighted by atomic mass is 19.4. The summed E-state index contributed by atoms with van der Waals surface area (Å²) in [5.74, 6) is -0.573. The van der Waals surface area contributed by atoms with E-state index in [2.05, 4.69) is 25.4 Å². The van der Waals surface area contributed by atoms with E-state index in [-0.39, 0.29) is 11.7 Å². The van der Waals surface area contributed by atoms with Gasteiger partial charge in [-0.1, -0.05) is 0 Å². The van der Waals surface area contributed by atoms with Gasteiger partial charge < -0.3 is 15.4 Å². The number of ether oxygens (including phenoxy) is 1. The van der Waals surface area contributed by atoms with E-state index < -0.39 is 29.3 Å². The smallest absolute Gasteiger partial charge is 0.416 e. The Balaban J connectivity index is 1.21. The molecule has 2 amide bonds. The van der Waals surface area contributed by atoms with E-state index in [0.29, 0.717) is 29.6 Å². The van der Waals surface area contributed by atoms with Crippen molar-refractivity contribution in [3.8, 4) is 23.0 Å². The molecule has 0 spiro atoms. The normalized spacial score (nSPS) is 11.4. The molecule has 0 radical (unpaired) electrons. The lowest BCUT2D eigenvalue weighted by atomic mass is 10.1. The van der Waals surface area contributed by atoms with Crippen molar-refractivity contribution in [3.63, 3.8) is 0 Å². The van der Waals surface area contributed by atoms with Gasteiger partial charge in [0.25, 0.3) is 0 Å². The summed E-state index contributed by atoms with van der Waals surface area (Å²) >= 11 is 0. The molecule has 0 fully saturated rings. The third kappa shape index (κ3) is 5.29. The zero-order valence-corrected chi connectivity index (χ0v) is 18.6. The number of anilines is 2. The highest BCUT2D eigenvalue weighted by molar-refractivity contribution is 5.99. The number of carbonyl (C=O) groups is 1. The van der Waals surface area contributed by atoms with Crippen molar-refractivity contribution in [3.05, 3.63) is 90.8 Å². The number of nitrogens with one attached hydrogen (secondary N) is 2. The second kappa shape index (κ2) is 9.53. The Labute approximate surface area is 205 Å². The molecule has 2 N–H and O–H groups in total. The molecule has 5 aromatic rings. The predicted octanol–water partition coefficient (Wildman–Crippen LogP) is 5.78. The molecule has 0 aliphatic heterocycles. The average Bonchev–Trinajstić information content (AvgIpc) is 3.31. The van der Waals surface area contributed by atoms with Gasteiger partial charge in [-0.05, 0) is 54.6 Å². The number of carbonyl (C=O) groups excluding carboxylic acids is 1. The lowest BCUT2D eigenvalue weighted by Gasteiger charge is -2.11. The number of halogens is 4. The lowest BCUT2D eigenvalue weighted by molar-refractivity contribution is -0.137. The number of rotatable bonds is 5. The number of amides is 2. The van der Waals surface area contributed by atoms with Crippen LogP contribution in [0.15, 0.2) is 79.4 Å². The van der Waals surface area contributed by atoms with Crippen LogP contribution in [0.25, 0.3) is 16.9 Å². The summed E-state index contributed by atoms with van der Waals surface area (Å²) in [5.41, 5.74) is 0.759. The van der Waals surface area contributed by atoms with Crippen molar-refractivity contribution < 1.29 is 27.1 Å². The van der Waals surface area contributed by atoms with E-state index in [1.165, 1.54) is 12.4 Å². The quantitative estimate of drug-likeness (QED) is 0.291. The summed E-state index contributed by atoms with van der Waals surface area (Å²) in [7, 11) is 0. The molecule has 0 atom stereocenters. The Morgan fingerprint density at radius 3 is 2.41 bits per heavy atom. The number of nitrogens with zero attached hydrogens (tertiary/aromatic N) is 5. The molecule has 0 bridgehead atoms. The van der Waals surface area contributed by atoms with Crippen molar-refractivity contribution in [2.75, 3.05) is 10.6 Å². The molecule has 0 unspecified atom stereocenters. The van der Waals surface area contributed by atoms with Gasteiger partial charge in [-0.15, -0.1) is 0 Å². The van der Waals surface area contributed by atoms with Crippen molar-refractivity contribution in [2.24, 2.45) is 0 Å². The molecule has 2 aromatic carbocycles. The number of imidazole rings is 1. The second-order valence-electron chi connectivity index (χ2n) is 7.59. The van der Waals surface area contributed by atoms with Gasteiger partial charge in [-0.3, -0.25) is 0 Å². The molecule has 0 saturated carbocycles. The molecule has 9 nitrogen and oxygen atoms in total. The molecular formula is C24H15F4N7O2. The van der Waals surface area contributed by atoms with E-state index in [4.69, 9.17) is 4.74 Å². The molecule has 0 saturated heterocycles. The third-order valence-corrected chi connectivity index (χ3v) is 5.06. The van der Waals surface area contributed by atoms with Crippen LogP contribution in [0.3, 0.4) is 0 Å². The summed E-state index contributed by atoms with van der Waals surface area (Å²) in [6, 6.07) is 11.4. The average molecular weight is 509 g/mol. The molecular weight excluding hydrogens is 494 g/mol. The molecule has 3 aromatic heterocycles. The number of urea groups is 1. The maximum atomic E-state index is 13.8. The first-order valence-electron chi connectivity index (χ1n) is 10.6. The Bertz CT molecular complexity index is 1570. The number of alkyl halides is 3. The van der Waals surface area contributed by atoms with Crippen LogP contribution >= 0.6 is 0 Å². The van der Waals surface area contributed by atoms with Gasteiger partial charge in [-0.2, -0.15) is 18.3 Å². The maximum absolute atomic E-state index is 13.8. The first-order valence-corrected chi connectivity index (χ1v) is 10.6. The number of aromatic nitrogens is 5. The Morgan fingerprint density at radius 2 is 1.68 bits per heavy atom. The van der Waals surface area contributed by atoms with E-state index in [1.54, 1.807) is 35.1 Å². The number of hydrogen-bond donors (Lipinski definition) is 2. The highest BCUT2D eigenvalue weighted by Crippen LogP contribution is 2.32. The molecule has 5 rings (SSSR count). The molecule has 186 valence electrons. The topological polar surface area (TPSA) is 106 Å². The van der Waals surface area contributed by atoms with E-state index >= 15 is 0 Å². The molecule has 3 heterocycles. The number of benzene rings is 2. The molecule has 13 heteroatoms. The molecule has 0 aliphatic carbocycles. The first kappa shape index (κ1) is 23.7. The second-order valence-corrected chi connectivity index (χ2v) is 7.59. The minimum absolute atomic E-state index is 0.0147. The van der Waals surface area contributed by atoms with E-state index in [1.807, 2.05) is 23.5 Å². The fraction of sp³-hybridized carbons (Fsp3) is 0.0417. The predicted molar refractivity (Wildman–Crippen MR) is 125 cm³/mol. The van der Waals surface area contributed by atoms with Gasteiger partial charge in [0.2, 0.25) is 0 Å². The monoisotopic (exact) mass is 509 g/mol. The minimum Gasteiger partial charge on any atom is -0.424 e. The van der Waals surface area contributed by atoms with Crippen LogP contribution in [0.2, 0.25) is 0 Å². The summed E-state index contributed by atoms with van der Waals surface area (Å²) in [5, 5.41) is 8.63. The summed E-state index contributed by atoms with van der Waals surface area (Å²) < 4.78 is 59.7. The molecule has 37 heavy (non-hydrogen) atoms. The SMILES string of the molecule is O=C(Nc1cnc(Oc2ccc(-c3cnc4cccnn34)cc2)nc1)Nc1cc(C(F)(F)F)ccc1F. The van der Waals surface area contributed by atoms with Gasteiger partial charge in [0, 0.05) is 11.8 Å². The highest BCUT2D eigenvalue weighted by Gasteiger charge is 2.31. The summed E-state index contributed by atoms with van der Waals surface area (Å²) in [6.07, 6.45) is 1.14. The molecule has 0 aliphatic rings. The van der Waals surface area contributed by atoms with Gasteiger partial charge in [0.1, 0.15) is 11.6 Å². The Morgan fingerprint density at radius 1 is 0.919 bits per heavy atom. The zero-order chi connectivity index (χ0) is 26.0. The van der Waals surface area contributed by atoms with Crippen LogP contribution in [-0.2, 0) is 6.18 Å². The van der Waals surface area contributed by atoms with E-state index in [9.17, 15) is 22.4 Å². The third-order valence-electron chi connectivity index (χ3n) is 5.06. The fourth-order valence-electron chi connectivity index (χ4n) is 3.34. The van der Waals surface area contributed by atoms with Gasteiger partial charge in [0.05, 0.1) is 41.2 Å². The standard InChI is InChI=1S/C24H15F4N7O2/c25-18-8-5-15(24(26,27)28)10-19(18)34-22(36)33-16-11-30-23(31-12-16)37-17-6-3-14(4-7-17)20-13-29-21-2-1-9-32-35(20)21/h1-13H,(H2,33,34,36). The summed E-state index contributed by atoms with van der Waals surface area (Å²) in [6.45, 7) is 0. The van der Waals surface area contributed by atoms with Crippen LogP contribution in [-0.4, -0.2) is 30.6 Å². The van der Waals surface area contributed by atoms with Crippen LogP contribution in [0.4, 0.5) is 33.7 Å². The van der Waals surface area contributed by atoms with Crippen molar-refractivity contribution in [1.29, 1.82) is 0 Å². The van der Waals surface area contributed by atoms with Crippen molar-refractivity contribution in [2.45, 2.75) is 6.18 Å². The van der Waals surface area contributed by atoms with Crippen LogP contribution < -0.4 is 15.4 Å². The van der Waals surface area contributed by atoms with Crippen molar-refractivity contribution >= 4 is 23.1 Å². The minimum atomic E-state index is -4.68. The van der Waals surface area contributed by atoms with Gasteiger partial charge in [-0.25, -0.2) is 28.7 Å². The first-order chi connectivity index (χ1) is 17.8. The fourth-order valence-corrected chi connectivity index (χ4v) is 3.34. The Kier molecular flexibility index (Phi) is 6.09. The Hall–Kier alpha value is -5.07. The summed E-state index contributed by atoms with van der Waals surface area (Å²) in [4.78, 5) is 24.4. The van der Waals surface area contributed by atoms with Crippen LogP contribution in [0.5, 0.6) is 11.8 Å². The van der Waals surface area contributed by atoms with E-state index in [0.717, 1.165) is 11.3 Å². The maximum Gasteiger partial charge on any atom is 0.416 e. The number of hydrogen-bond acceptors (Lipinski definition) is 6. The largest absolute Gasteiger partial charge is 0.424 e. The van der Waals surface area contributed by atoms with Crippen LogP contribution in [0.1, 0.15) is 5.56 Å². The van der Waals surface area contributed by atoms with Gasteiger partial charge >= 0.3 is 18.2 Å². The number of fused-ring (bicyclic) bond motifs is 1. The lowest BCUT2D eigenvalue weighted by Crippen LogP contribution is -2.21.